The molecular weight excluding hydrogens is 486 g/mol. The number of benzene rings is 2. The average molecular weight is 510 g/mol. The van der Waals surface area contributed by atoms with E-state index in [0.29, 0.717) is 28.5 Å². The summed E-state index contributed by atoms with van der Waals surface area (Å²) in [7, 11) is 1.62. The highest BCUT2D eigenvalue weighted by Crippen LogP contribution is 2.51. The number of allylic oxidation sites excluding steroid dienone is 2. The molecule has 1 aliphatic carbocycles. The van der Waals surface area contributed by atoms with Gasteiger partial charge in [-0.2, -0.15) is 10.4 Å². The van der Waals surface area contributed by atoms with Crippen LogP contribution in [0.1, 0.15) is 39.6 Å². The van der Waals surface area contributed by atoms with Crippen LogP contribution < -0.4 is 21.3 Å². The number of nitrogens with two attached hydrogens (primary N) is 1. The van der Waals surface area contributed by atoms with Gasteiger partial charge in [0.15, 0.2) is 11.5 Å². The van der Waals surface area contributed by atoms with Crippen molar-refractivity contribution in [2.45, 2.75) is 25.8 Å². The number of hydrogen-bond donors (Lipinski definition) is 3. The summed E-state index contributed by atoms with van der Waals surface area (Å²) in [4.78, 5) is 14.2. The summed E-state index contributed by atoms with van der Waals surface area (Å²) in [6.07, 6.45) is 1.47. The Hall–Kier alpha value is -4.62. The first-order chi connectivity index (χ1) is 18.0. The summed E-state index contributed by atoms with van der Waals surface area (Å²) in [6.45, 7) is 2.00. The Morgan fingerprint density at radius 2 is 1.89 bits per heavy atom. The Morgan fingerprint density at radius 3 is 2.59 bits per heavy atom. The molecule has 0 amide bonds. The molecule has 0 saturated carbocycles. The summed E-state index contributed by atoms with van der Waals surface area (Å²) < 4.78 is 7.13. The quantitative estimate of drug-likeness (QED) is 0.299. The Morgan fingerprint density at radius 1 is 1.14 bits per heavy atom. The van der Waals surface area contributed by atoms with E-state index in [0.717, 1.165) is 45.0 Å². The fraction of sp³-hybridized carbons (Fsp3) is 0.185. The summed E-state index contributed by atoms with van der Waals surface area (Å²) >= 11 is 1.46. The van der Waals surface area contributed by atoms with E-state index in [1.54, 1.807) is 11.8 Å². The maximum Gasteiger partial charge on any atom is 0.294 e. The minimum absolute atomic E-state index is 0.196. The van der Waals surface area contributed by atoms with E-state index in [1.165, 1.54) is 11.3 Å². The highest BCUT2D eigenvalue weighted by atomic mass is 32.1. The maximum atomic E-state index is 13.2. The van der Waals surface area contributed by atoms with Crippen LogP contribution in [0, 0.1) is 18.3 Å². The lowest BCUT2D eigenvalue weighted by atomic mass is 9.83. The molecule has 3 heterocycles. The molecule has 1 unspecified atom stereocenters. The summed E-state index contributed by atoms with van der Waals surface area (Å²) in [5.74, 6) is 1.26. The van der Waals surface area contributed by atoms with Crippen molar-refractivity contribution in [1.82, 2.24) is 9.78 Å². The standard InChI is InChI=1S/C27H23N7O2S/c1-14-3-7-16(8-4-14)31-32-23-26-30-19-11-12-20-21(18(13-28)25(29)37-20)22(19)24(34(26)33-27(23)35)15-5-9-17(36-2)10-6-15/h3-10,24,30H,11-12,29H2,1-2H3,(H,33,35). The van der Waals surface area contributed by atoms with Crippen molar-refractivity contribution in [3.05, 3.63) is 91.7 Å². The molecule has 0 radical (unpaired) electrons. The number of fused-ring (bicyclic) bond motifs is 3. The lowest BCUT2D eigenvalue weighted by Crippen LogP contribution is -2.27. The number of rotatable bonds is 4. The van der Waals surface area contributed by atoms with Crippen molar-refractivity contribution in [2.75, 3.05) is 18.2 Å². The van der Waals surface area contributed by atoms with Crippen LogP contribution in [-0.4, -0.2) is 16.9 Å². The SMILES string of the molecule is COc1ccc(C2C3=C(CCc4sc(N)c(C#N)c43)Nc3c(N=Nc4ccc(C)cc4)c(=O)[nH]n32)cc1. The fourth-order valence-corrected chi connectivity index (χ4v) is 6.00. The van der Waals surface area contributed by atoms with Gasteiger partial charge in [-0.15, -0.1) is 16.5 Å². The van der Waals surface area contributed by atoms with Gasteiger partial charge in [-0.1, -0.05) is 29.8 Å². The molecule has 2 aromatic heterocycles. The normalized spacial score (nSPS) is 16.1. The van der Waals surface area contributed by atoms with E-state index < -0.39 is 6.04 Å². The van der Waals surface area contributed by atoms with Crippen LogP contribution in [0.2, 0.25) is 0 Å². The molecule has 1 aliphatic heterocycles. The first kappa shape index (κ1) is 22.8. The average Bonchev–Trinajstić information content (AvgIpc) is 3.41. The number of methoxy groups -OCH3 is 1. The number of nitriles is 1. The number of hydrogen-bond acceptors (Lipinski definition) is 8. The fourth-order valence-electron chi connectivity index (χ4n) is 4.96. The van der Waals surface area contributed by atoms with E-state index in [4.69, 9.17) is 10.5 Å². The molecule has 0 spiro atoms. The lowest BCUT2D eigenvalue weighted by molar-refractivity contribution is 0.414. The Labute approximate surface area is 216 Å². The van der Waals surface area contributed by atoms with Gasteiger partial charge < -0.3 is 15.8 Å². The van der Waals surface area contributed by atoms with Gasteiger partial charge in [-0.3, -0.25) is 14.6 Å². The second-order valence-electron chi connectivity index (χ2n) is 8.99. The molecule has 2 aromatic carbocycles. The van der Waals surface area contributed by atoms with Crippen molar-refractivity contribution < 1.29 is 4.74 Å². The largest absolute Gasteiger partial charge is 0.497 e. The number of nitrogens with zero attached hydrogens (tertiary/aromatic N) is 4. The molecule has 0 saturated heterocycles. The molecule has 0 fully saturated rings. The molecule has 4 aromatic rings. The number of nitrogen functional groups attached to an aromatic ring is 1. The zero-order chi connectivity index (χ0) is 25.7. The molecule has 0 bridgehead atoms. The number of aromatic nitrogens is 2. The molecular formula is C27H23N7O2S. The predicted octanol–water partition coefficient (Wildman–Crippen LogP) is 5.80. The molecule has 9 nitrogen and oxygen atoms in total. The highest BCUT2D eigenvalue weighted by Gasteiger charge is 2.38. The zero-order valence-electron chi connectivity index (χ0n) is 20.2. The van der Waals surface area contributed by atoms with Gasteiger partial charge in [-0.05, 0) is 49.6 Å². The first-order valence-corrected chi connectivity index (χ1v) is 12.6. The molecule has 37 heavy (non-hydrogen) atoms. The number of aryl methyl sites for hydroxylation is 2. The van der Waals surface area contributed by atoms with E-state index in [2.05, 4.69) is 26.7 Å². The minimum Gasteiger partial charge on any atom is -0.497 e. The van der Waals surface area contributed by atoms with Gasteiger partial charge in [0, 0.05) is 21.7 Å². The van der Waals surface area contributed by atoms with Crippen LogP contribution in [0.15, 0.2) is 69.3 Å². The summed E-state index contributed by atoms with van der Waals surface area (Å²) in [6, 6.07) is 17.2. The molecule has 2 aliphatic rings. The van der Waals surface area contributed by atoms with E-state index in [1.807, 2.05) is 55.5 Å². The van der Waals surface area contributed by atoms with Crippen LogP contribution in [0.5, 0.6) is 5.75 Å². The second kappa shape index (κ2) is 8.80. The Balaban J connectivity index is 1.54. The van der Waals surface area contributed by atoms with Gasteiger partial charge in [0.1, 0.15) is 22.9 Å². The number of aromatic amines is 1. The van der Waals surface area contributed by atoms with Crippen molar-refractivity contribution >= 4 is 39.1 Å². The number of azo groups is 1. The molecule has 10 heteroatoms. The van der Waals surface area contributed by atoms with Crippen LogP contribution >= 0.6 is 11.3 Å². The number of nitrogens with one attached hydrogen (secondary N) is 2. The molecule has 1 atom stereocenters. The van der Waals surface area contributed by atoms with Crippen molar-refractivity contribution in [1.29, 1.82) is 5.26 Å². The highest BCUT2D eigenvalue weighted by molar-refractivity contribution is 7.16. The topological polar surface area (TPSA) is 134 Å². The maximum absolute atomic E-state index is 13.2. The lowest BCUT2D eigenvalue weighted by Gasteiger charge is -2.34. The van der Waals surface area contributed by atoms with E-state index >= 15 is 0 Å². The molecule has 4 N–H and O–H groups in total. The monoisotopic (exact) mass is 509 g/mol. The van der Waals surface area contributed by atoms with Gasteiger partial charge >= 0.3 is 0 Å². The number of anilines is 2. The van der Waals surface area contributed by atoms with Crippen LogP contribution in [0.4, 0.5) is 22.2 Å². The second-order valence-corrected chi connectivity index (χ2v) is 10.1. The van der Waals surface area contributed by atoms with Crippen molar-refractivity contribution in [2.24, 2.45) is 10.2 Å². The van der Waals surface area contributed by atoms with Gasteiger partial charge in [0.2, 0.25) is 0 Å². The number of H-pyrrole nitrogens is 1. The van der Waals surface area contributed by atoms with Crippen LogP contribution in [0.3, 0.4) is 0 Å². The Bertz CT molecular complexity index is 1680. The third-order valence-electron chi connectivity index (χ3n) is 6.75. The van der Waals surface area contributed by atoms with E-state index in [-0.39, 0.29) is 11.2 Å². The number of thiophene rings is 1. The van der Waals surface area contributed by atoms with Crippen LogP contribution in [0.25, 0.3) is 5.57 Å². The van der Waals surface area contributed by atoms with Gasteiger partial charge in [-0.25, -0.2) is 0 Å². The van der Waals surface area contributed by atoms with Crippen molar-refractivity contribution in [3.8, 4) is 11.8 Å². The van der Waals surface area contributed by atoms with Crippen LogP contribution in [-0.2, 0) is 6.42 Å². The first-order valence-electron chi connectivity index (χ1n) is 11.8. The number of ether oxygens (including phenoxy) is 1. The smallest absolute Gasteiger partial charge is 0.294 e. The molecule has 6 rings (SSSR count). The predicted molar refractivity (Wildman–Crippen MR) is 144 cm³/mol. The Kier molecular flexibility index (Phi) is 5.43. The minimum atomic E-state index is -0.409. The zero-order valence-corrected chi connectivity index (χ0v) is 21.0. The van der Waals surface area contributed by atoms with Gasteiger partial charge in [0.05, 0.1) is 18.4 Å². The third kappa shape index (κ3) is 3.72. The van der Waals surface area contributed by atoms with Gasteiger partial charge in [0.25, 0.3) is 5.56 Å². The summed E-state index contributed by atoms with van der Waals surface area (Å²) in [5.41, 5.74) is 12.0. The molecule has 184 valence electrons. The third-order valence-corrected chi connectivity index (χ3v) is 7.83. The summed E-state index contributed by atoms with van der Waals surface area (Å²) in [5, 5.41) is 25.5. The van der Waals surface area contributed by atoms with E-state index in [9.17, 15) is 10.1 Å². The van der Waals surface area contributed by atoms with Crippen molar-refractivity contribution in [3.63, 3.8) is 0 Å².